The van der Waals surface area contributed by atoms with Crippen molar-refractivity contribution < 1.29 is 9.50 Å². The molecule has 102 valence electrons. The number of fused-ring (bicyclic) bond motifs is 1. The Morgan fingerprint density at radius 2 is 1.94 bits per heavy atom. The second-order valence-electron chi connectivity index (χ2n) is 4.64. The standard InChI is InChI=1S/C14H20FNO.ClH/c1-3-16(4-2)10-5-6-11-12(9-10)14(17)8-7-13(11)15;/h7-8,10,17H,3-6,9H2,1-2H3;1H/t10-;/m1./s1. The van der Waals surface area contributed by atoms with Gasteiger partial charge in [-0.15, -0.1) is 12.4 Å². The Morgan fingerprint density at radius 3 is 2.56 bits per heavy atom. The maximum absolute atomic E-state index is 13.6. The molecule has 0 spiro atoms. The molecule has 0 heterocycles. The number of benzene rings is 1. The van der Waals surface area contributed by atoms with Gasteiger partial charge in [-0.3, -0.25) is 0 Å². The van der Waals surface area contributed by atoms with Crippen LogP contribution in [0, 0.1) is 5.82 Å². The third-order valence-electron chi connectivity index (χ3n) is 3.85. The van der Waals surface area contributed by atoms with Crippen LogP contribution in [0.4, 0.5) is 4.39 Å². The van der Waals surface area contributed by atoms with E-state index in [1.54, 1.807) is 0 Å². The molecule has 2 rings (SSSR count). The minimum absolute atomic E-state index is 0. The smallest absolute Gasteiger partial charge is 0.126 e. The average molecular weight is 274 g/mol. The Bertz CT molecular complexity index is 407. The SMILES string of the molecule is CCN(CC)[C@@H]1CCc2c(F)ccc(O)c2C1.Cl. The molecule has 0 unspecified atom stereocenters. The van der Waals surface area contributed by atoms with Gasteiger partial charge in [0.25, 0.3) is 0 Å². The van der Waals surface area contributed by atoms with Gasteiger partial charge in [0, 0.05) is 11.6 Å². The van der Waals surface area contributed by atoms with Crippen LogP contribution >= 0.6 is 12.4 Å². The zero-order valence-corrected chi connectivity index (χ0v) is 11.8. The second-order valence-corrected chi connectivity index (χ2v) is 4.64. The van der Waals surface area contributed by atoms with Crippen LogP contribution in [0.5, 0.6) is 5.75 Å². The topological polar surface area (TPSA) is 23.5 Å². The molecule has 1 N–H and O–H groups in total. The lowest BCUT2D eigenvalue weighted by Gasteiger charge is -2.34. The third-order valence-corrected chi connectivity index (χ3v) is 3.85. The van der Waals surface area contributed by atoms with E-state index in [9.17, 15) is 9.50 Å². The first-order valence-electron chi connectivity index (χ1n) is 6.40. The van der Waals surface area contributed by atoms with Crippen LogP contribution in [0.1, 0.15) is 31.4 Å². The van der Waals surface area contributed by atoms with Crippen LogP contribution in [0.25, 0.3) is 0 Å². The summed E-state index contributed by atoms with van der Waals surface area (Å²) < 4.78 is 13.6. The first-order valence-corrected chi connectivity index (χ1v) is 6.40. The lowest BCUT2D eigenvalue weighted by Crippen LogP contribution is -2.39. The van der Waals surface area contributed by atoms with Crippen molar-refractivity contribution in [2.24, 2.45) is 0 Å². The highest BCUT2D eigenvalue weighted by atomic mass is 35.5. The number of aromatic hydroxyl groups is 1. The molecule has 0 radical (unpaired) electrons. The average Bonchev–Trinajstić information content (AvgIpc) is 2.36. The van der Waals surface area contributed by atoms with E-state index >= 15 is 0 Å². The molecule has 1 aromatic carbocycles. The molecule has 18 heavy (non-hydrogen) atoms. The summed E-state index contributed by atoms with van der Waals surface area (Å²) >= 11 is 0. The van der Waals surface area contributed by atoms with E-state index in [-0.39, 0.29) is 24.0 Å². The number of hydrogen-bond donors (Lipinski definition) is 1. The Kier molecular flexibility index (Phi) is 5.42. The molecule has 0 aromatic heterocycles. The van der Waals surface area contributed by atoms with Gasteiger partial charge in [-0.05, 0) is 50.0 Å². The first kappa shape index (κ1) is 15.3. The number of phenols is 1. The van der Waals surface area contributed by atoms with Crippen LogP contribution in [0.15, 0.2) is 12.1 Å². The van der Waals surface area contributed by atoms with Crippen molar-refractivity contribution in [1.82, 2.24) is 4.90 Å². The third kappa shape index (κ3) is 2.78. The van der Waals surface area contributed by atoms with Gasteiger partial charge in [-0.25, -0.2) is 4.39 Å². The van der Waals surface area contributed by atoms with Crippen molar-refractivity contribution in [2.45, 2.75) is 39.2 Å². The molecular formula is C14H21ClFNO. The quantitative estimate of drug-likeness (QED) is 0.915. The van der Waals surface area contributed by atoms with Crippen LogP contribution in [-0.4, -0.2) is 29.1 Å². The summed E-state index contributed by atoms with van der Waals surface area (Å²) in [5.41, 5.74) is 1.53. The van der Waals surface area contributed by atoms with Gasteiger partial charge >= 0.3 is 0 Å². The van der Waals surface area contributed by atoms with Crippen molar-refractivity contribution in [3.8, 4) is 5.75 Å². The van der Waals surface area contributed by atoms with Gasteiger partial charge in [0.2, 0.25) is 0 Å². The van der Waals surface area contributed by atoms with Crippen LogP contribution < -0.4 is 0 Å². The lowest BCUT2D eigenvalue weighted by molar-refractivity contribution is 0.196. The highest BCUT2D eigenvalue weighted by Gasteiger charge is 2.26. The number of hydrogen-bond acceptors (Lipinski definition) is 2. The van der Waals surface area contributed by atoms with Gasteiger partial charge in [-0.1, -0.05) is 13.8 Å². The fraction of sp³-hybridized carbons (Fsp3) is 0.571. The van der Waals surface area contributed by atoms with Gasteiger partial charge in [0.15, 0.2) is 0 Å². The summed E-state index contributed by atoms with van der Waals surface area (Å²) in [6.45, 7) is 6.30. The van der Waals surface area contributed by atoms with Gasteiger partial charge in [-0.2, -0.15) is 0 Å². The van der Waals surface area contributed by atoms with Crippen LogP contribution in [0.3, 0.4) is 0 Å². The minimum Gasteiger partial charge on any atom is -0.508 e. The number of nitrogens with zero attached hydrogens (tertiary/aromatic N) is 1. The summed E-state index contributed by atoms with van der Waals surface area (Å²) in [5, 5.41) is 9.84. The minimum atomic E-state index is -0.171. The molecule has 0 aliphatic heterocycles. The van der Waals surface area contributed by atoms with Crippen molar-refractivity contribution in [2.75, 3.05) is 13.1 Å². The van der Waals surface area contributed by atoms with Crippen molar-refractivity contribution >= 4 is 12.4 Å². The summed E-state index contributed by atoms with van der Waals surface area (Å²) in [4.78, 5) is 2.38. The molecule has 0 saturated heterocycles. The normalized spacial score (nSPS) is 18.3. The Balaban J connectivity index is 0.00000162. The van der Waals surface area contributed by atoms with Gasteiger partial charge in [0.05, 0.1) is 0 Å². The fourth-order valence-corrected chi connectivity index (χ4v) is 2.85. The van der Waals surface area contributed by atoms with E-state index in [2.05, 4.69) is 18.7 Å². The van der Waals surface area contributed by atoms with Gasteiger partial charge < -0.3 is 10.0 Å². The molecule has 0 amide bonds. The Hall–Kier alpha value is -0.800. The van der Waals surface area contributed by atoms with E-state index in [1.807, 2.05) is 0 Å². The summed E-state index contributed by atoms with van der Waals surface area (Å²) in [6, 6.07) is 3.27. The maximum atomic E-state index is 13.6. The maximum Gasteiger partial charge on any atom is 0.126 e. The molecule has 0 saturated carbocycles. The highest BCUT2D eigenvalue weighted by Crippen LogP contribution is 2.32. The molecule has 1 aliphatic carbocycles. The second kappa shape index (κ2) is 6.39. The van der Waals surface area contributed by atoms with Crippen LogP contribution in [-0.2, 0) is 12.8 Å². The fourth-order valence-electron chi connectivity index (χ4n) is 2.85. The number of rotatable bonds is 3. The molecule has 1 atom stereocenters. The predicted octanol–water partition coefficient (Wildman–Crippen LogP) is 3.15. The Labute approximate surface area is 114 Å². The number of likely N-dealkylation sites (N-methyl/N-ethyl adjacent to an activating group) is 1. The van der Waals surface area contributed by atoms with Crippen LogP contribution in [0.2, 0.25) is 0 Å². The lowest BCUT2D eigenvalue weighted by atomic mass is 9.86. The van der Waals surface area contributed by atoms with Gasteiger partial charge in [0.1, 0.15) is 11.6 Å². The zero-order chi connectivity index (χ0) is 12.4. The molecule has 0 bridgehead atoms. The van der Waals surface area contributed by atoms with E-state index < -0.39 is 0 Å². The number of halogens is 2. The zero-order valence-electron chi connectivity index (χ0n) is 10.9. The van der Waals surface area contributed by atoms with Crippen molar-refractivity contribution in [1.29, 1.82) is 0 Å². The number of phenolic OH excluding ortho intramolecular Hbond substituents is 1. The first-order chi connectivity index (χ1) is 8.17. The molecule has 2 nitrogen and oxygen atoms in total. The monoisotopic (exact) mass is 273 g/mol. The molecule has 1 aliphatic rings. The summed E-state index contributed by atoms with van der Waals surface area (Å²) in [7, 11) is 0. The predicted molar refractivity (Wildman–Crippen MR) is 74.0 cm³/mol. The largest absolute Gasteiger partial charge is 0.508 e. The summed E-state index contributed by atoms with van der Waals surface area (Å²) in [6.07, 6.45) is 2.48. The molecule has 0 fully saturated rings. The molecule has 1 aromatic rings. The Morgan fingerprint density at radius 1 is 1.28 bits per heavy atom. The highest BCUT2D eigenvalue weighted by molar-refractivity contribution is 5.85. The van der Waals surface area contributed by atoms with E-state index in [0.29, 0.717) is 11.6 Å². The van der Waals surface area contributed by atoms with Crippen molar-refractivity contribution in [3.63, 3.8) is 0 Å². The van der Waals surface area contributed by atoms with E-state index in [0.717, 1.165) is 37.9 Å². The summed E-state index contributed by atoms with van der Waals surface area (Å²) in [5.74, 6) is 0.0778. The van der Waals surface area contributed by atoms with E-state index in [4.69, 9.17) is 0 Å². The molecular weight excluding hydrogens is 253 g/mol. The van der Waals surface area contributed by atoms with E-state index in [1.165, 1.54) is 12.1 Å². The van der Waals surface area contributed by atoms with Crippen molar-refractivity contribution in [3.05, 3.63) is 29.1 Å². The molecule has 4 heteroatoms.